The van der Waals surface area contributed by atoms with Crippen LogP contribution in [0.3, 0.4) is 0 Å². The fourth-order valence-electron chi connectivity index (χ4n) is 3.07. The van der Waals surface area contributed by atoms with Crippen LogP contribution in [0.15, 0.2) is 4.42 Å². The first-order valence-electron chi connectivity index (χ1n) is 8.28. The lowest BCUT2D eigenvalue weighted by atomic mass is 9.97. The molecule has 3 heterocycles. The molecule has 0 radical (unpaired) electrons. The minimum Gasteiger partial charge on any atom is -0.425 e. The first kappa shape index (κ1) is 13.0. The van der Waals surface area contributed by atoms with Gasteiger partial charge in [-0.3, -0.25) is 0 Å². The van der Waals surface area contributed by atoms with Gasteiger partial charge in [0.1, 0.15) is 5.01 Å². The molecule has 2 aliphatic carbocycles. The molecule has 1 saturated heterocycles. The molecule has 116 valence electrons. The molecular weight excluding hydrogens is 298 g/mol. The number of hydrogen-bond donors (Lipinski definition) is 0. The van der Waals surface area contributed by atoms with Gasteiger partial charge >= 0.3 is 0 Å². The van der Waals surface area contributed by atoms with E-state index < -0.39 is 0 Å². The predicted octanol–water partition coefficient (Wildman–Crippen LogP) is 3.06. The van der Waals surface area contributed by atoms with Crippen LogP contribution < -0.4 is 4.90 Å². The van der Waals surface area contributed by atoms with Gasteiger partial charge in [0, 0.05) is 30.8 Å². The number of rotatable bonds is 4. The van der Waals surface area contributed by atoms with Crippen LogP contribution in [0.4, 0.5) is 5.13 Å². The largest absolute Gasteiger partial charge is 0.425 e. The number of aromatic nitrogens is 4. The normalized spacial score (nSPS) is 23.2. The molecule has 0 N–H and O–H groups in total. The molecule has 0 aromatic carbocycles. The summed E-state index contributed by atoms with van der Waals surface area (Å²) in [6.45, 7) is 2.01. The zero-order valence-corrected chi connectivity index (χ0v) is 13.3. The van der Waals surface area contributed by atoms with Crippen LogP contribution in [0.25, 0.3) is 0 Å². The highest BCUT2D eigenvalue weighted by Gasteiger charge is 2.33. The lowest BCUT2D eigenvalue weighted by Crippen LogP contribution is -2.32. The molecule has 6 nitrogen and oxygen atoms in total. The van der Waals surface area contributed by atoms with Crippen molar-refractivity contribution in [3.63, 3.8) is 0 Å². The second-order valence-corrected chi connectivity index (χ2v) is 7.70. The highest BCUT2D eigenvalue weighted by molar-refractivity contribution is 7.15. The average molecular weight is 317 g/mol. The maximum atomic E-state index is 5.87. The van der Waals surface area contributed by atoms with Crippen molar-refractivity contribution in [2.75, 3.05) is 18.0 Å². The van der Waals surface area contributed by atoms with Crippen LogP contribution in [0.1, 0.15) is 73.1 Å². The van der Waals surface area contributed by atoms with Crippen molar-refractivity contribution in [1.29, 1.82) is 0 Å². The van der Waals surface area contributed by atoms with Gasteiger partial charge in [-0.1, -0.05) is 11.3 Å². The number of hydrogen-bond acceptors (Lipinski definition) is 7. The molecule has 0 atom stereocenters. The van der Waals surface area contributed by atoms with Gasteiger partial charge in [0.15, 0.2) is 0 Å². The third-order valence-corrected chi connectivity index (χ3v) is 6.00. The fourth-order valence-corrected chi connectivity index (χ4v) is 4.14. The highest BCUT2D eigenvalue weighted by Crippen LogP contribution is 2.43. The molecule has 2 saturated carbocycles. The molecule has 3 aliphatic rings. The van der Waals surface area contributed by atoms with Crippen molar-refractivity contribution in [3.8, 4) is 0 Å². The third-order valence-electron chi connectivity index (χ3n) is 4.85. The molecular formula is C15H19N5OS. The molecule has 1 aliphatic heterocycles. The van der Waals surface area contributed by atoms with E-state index in [4.69, 9.17) is 4.42 Å². The van der Waals surface area contributed by atoms with E-state index in [0.29, 0.717) is 17.8 Å². The van der Waals surface area contributed by atoms with Crippen molar-refractivity contribution in [2.24, 2.45) is 0 Å². The summed E-state index contributed by atoms with van der Waals surface area (Å²) in [5, 5.41) is 19.5. The lowest BCUT2D eigenvalue weighted by Gasteiger charge is -2.29. The Hall–Kier alpha value is -1.50. The monoisotopic (exact) mass is 317 g/mol. The Kier molecular flexibility index (Phi) is 2.96. The summed E-state index contributed by atoms with van der Waals surface area (Å²) >= 11 is 1.78. The molecule has 5 rings (SSSR count). The summed E-state index contributed by atoms with van der Waals surface area (Å²) in [4.78, 5) is 2.36. The first-order valence-corrected chi connectivity index (χ1v) is 9.10. The molecule has 0 unspecified atom stereocenters. The summed E-state index contributed by atoms with van der Waals surface area (Å²) < 4.78 is 5.87. The number of anilines is 1. The SMILES string of the molecule is C1CC1c1nnc(C2CCN(c3nnc(C4CC4)s3)CC2)o1. The second kappa shape index (κ2) is 5.01. The fraction of sp³-hybridized carbons (Fsp3) is 0.733. The summed E-state index contributed by atoms with van der Waals surface area (Å²) in [7, 11) is 0. The Morgan fingerprint density at radius 1 is 0.773 bits per heavy atom. The van der Waals surface area contributed by atoms with Gasteiger partial charge in [-0.25, -0.2) is 0 Å². The Morgan fingerprint density at radius 2 is 1.41 bits per heavy atom. The van der Waals surface area contributed by atoms with E-state index in [9.17, 15) is 0 Å². The van der Waals surface area contributed by atoms with Crippen molar-refractivity contribution >= 4 is 16.5 Å². The molecule has 22 heavy (non-hydrogen) atoms. The quantitative estimate of drug-likeness (QED) is 0.863. The summed E-state index contributed by atoms with van der Waals surface area (Å²) in [6, 6.07) is 0. The summed E-state index contributed by atoms with van der Waals surface area (Å²) in [5.74, 6) is 3.35. The van der Waals surface area contributed by atoms with Gasteiger partial charge in [-0.2, -0.15) is 0 Å². The van der Waals surface area contributed by atoms with E-state index >= 15 is 0 Å². The number of piperidine rings is 1. The van der Waals surface area contributed by atoms with Crippen molar-refractivity contribution in [3.05, 3.63) is 16.8 Å². The number of nitrogens with zero attached hydrogens (tertiary/aromatic N) is 5. The first-order chi connectivity index (χ1) is 10.9. The van der Waals surface area contributed by atoms with Crippen LogP contribution in [0, 0.1) is 0 Å². The molecule has 2 aromatic heterocycles. The molecule has 0 amide bonds. The van der Waals surface area contributed by atoms with Gasteiger partial charge in [0.25, 0.3) is 0 Å². The molecule has 0 spiro atoms. The van der Waals surface area contributed by atoms with E-state index in [0.717, 1.165) is 42.8 Å². The van der Waals surface area contributed by atoms with Crippen molar-refractivity contribution in [1.82, 2.24) is 20.4 Å². The zero-order chi connectivity index (χ0) is 14.5. The second-order valence-electron chi connectivity index (χ2n) is 6.71. The van der Waals surface area contributed by atoms with Crippen molar-refractivity contribution < 1.29 is 4.42 Å². The van der Waals surface area contributed by atoms with Crippen LogP contribution in [-0.2, 0) is 0 Å². The molecule has 7 heteroatoms. The minimum absolute atomic E-state index is 0.409. The van der Waals surface area contributed by atoms with Gasteiger partial charge in [-0.05, 0) is 38.5 Å². The van der Waals surface area contributed by atoms with Gasteiger partial charge in [0.2, 0.25) is 16.9 Å². The van der Waals surface area contributed by atoms with E-state index in [1.54, 1.807) is 11.3 Å². The minimum atomic E-state index is 0.409. The summed E-state index contributed by atoms with van der Waals surface area (Å²) in [6.07, 6.45) is 7.12. The van der Waals surface area contributed by atoms with Crippen LogP contribution in [-0.4, -0.2) is 33.5 Å². The van der Waals surface area contributed by atoms with Crippen molar-refractivity contribution in [2.45, 2.75) is 56.3 Å². The predicted molar refractivity (Wildman–Crippen MR) is 82.3 cm³/mol. The Morgan fingerprint density at radius 3 is 2.05 bits per heavy atom. The Labute approximate surface area is 132 Å². The van der Waals surface area contributed by atoms with E-state index in [2.05, 4.69) is 25.3 Å². The zero-order valence-electron chi connectivity index (χ0n) is 12.4. The van der Waals surface area contributed by atoms with E-state index in [-0.39, 0.29) is 0 Å². The molecule has 0 bridgehead atoms. The third kappa shape index (κ3) is 2.41. The van der Waals surface area contributed by atoms with Gasteiger partial charge in [-0.15, -0.1) is 20.4 Å². The molecule has 3 fully saturated rings. The molecule has 2 aromatic rings. The van der Waals surface area contributed by atoms with Crippen LogP contribution >= 0.6 is 11.3 Å². The maximum absolute atomic E-state index is 5.87. The smallest absolute Gasteiger partial charge is 0.219 e. The standard InChI is InChI=1S/C15H19N5OS/c1-2-9(1)12-16-17-13(21-12)10-5-7-20(8-6-10)15-19-18-14(22-15)11-3-4-11/h9-11H,1-8H2. The lowest BCUT2D eigenvalue weighted by molar-refractivity contribution is 0.376. The average Bonchev–Trinajstić information content (AvgIpc) is 3.49. The Bertz CT molecular complexity index is 609. The highest BCUT2D eigenvalue weighted by atomic mass is 32.1. The van der Waals surface area contributed by atoms with Crippen LogP contribution in [0.2, 0.25) is 0 Å². The van der Waals surface area contributed by atoms with E-state index in [1.165, 1.54) is 30.7 Å². The van der Waals surface area contributed by atoms with Crippen LogP contribution in [0.5, 0.6) is 0 Å². The van der Waals surface area contributed by atoms with Gasteiger partial charge < -0.3 is 9.32 Å². The maximum Gasteiger partial charge on any atom is 0.219 e. The topological polar surface area (TPSA) is 67.9 Å². The van der Waals surface area contributed by atoms with E-state index in [1.807, 2.05) is 0 Å². The Balaban J connectivity index is 1.23. The summed E-state index contributed by atoms with van der Waals surface area (Å²) in [5.41, 5.74) is 0. The van der Waals surface area contributed by atoms with Gasteiger partial charge in [0.05, 0.1) is 0 Å².